The van der Waals surface area contributed by atoms with E-state index in [9.17, 15) is 14.9 Å². The fraction of sp³-hybridized carbons (Fsp3) is 0.350. The Morgan fingerprint density at radius 1 is 1.11 bits per heavy atom. The molecule has 0 saturated carbocycles. The van der Waals surface area contributed by atoms with Gasteiger partial charge in [-0.3, -0.25) is 14.9 Å². The molecule has 6 nitrogen and oxygen atoms in total. The molecule has 2 aromatic rings. The van der Waals surface area contributed by atoms with Gasteiger partial charge in [-0.1, -0.05) is 35.9 Å². The number of carbonyl (C=O) groups excluding carboxylic acids is 1. The molecule has 0 atom stereocenters. The Morgan fingerprint density at radius 2 is 1.81 bits per heavy atom. The van der Waals surface area contributed by atoms with Crippen LogP contribution in [0.2, 0.25) is 5.02 Å². The number of non-ortho nitro benzene ring substituents is 1. The van der Waals surface area contributed by atoms with E-state index in [0.717, 1.165) is 12.1 Å². The number of amides is 1. The Balaban J connectivity index is 1.69. The van der Waals surface area contributed by atoms with Crippen LogP contribution in [0.5, 0.6) is 0 Å². The number of carbonyl (C=O) groups is 1. The van der Waals surface area contributed by atoms with E-state index in [1.807, 2.05) is 18.2 Å². The number of quaternary nitrogens is 1. The molecule has 0 spiro atoms. The highest BCUT2D eigenvalue weighted by Crippen LogP contribution is 2.22. The van der Waals surface area contributed by atoms with Crippen molar-refractivity contribution in [3.8, 4) is 0 Å². The van der Waals surface area contributed by atoms with Gasteiger partial charge in [0, 0.05) is 24.2 Å². The number of nitro benzene ring substituents is 1. The Hall–Kier alpha value is -2.44. The fourth-order valence-corrected chi connectivity index (χ4v) is 3.68. The average Bonchev–Trinajstić information content (AvgIpc) is 2.68. The Kier molecular flexibility index (Phi) is 6.42. The summed E-state index contributed by atoms with van der Waals surface area (Å²) in [5.41, 5.74) is 2.24. The summed E-state index contributed by atoms with van der Waals surface area (Å²) in [7, 11) is 0. The van der Waals surface area contributed by atoms with Crippen molar-refractivity contribution >= 4 is 23.2 Å². The number of piperidine rings is 1. The van der Waals surface area contributed by atoms with Gasteiger partial charge in [0.15, 0.2) is 0 Å². The largest absolute Gasteiger partial charge is 0.348 e. The minimum Gasteiger partial charge on any atom is -0.348 e. The second-order valence-electron chi connectivity index (χ2n) is 6.86. The van der Waals surface area contributed by atoms with Gasteiger partial charge >= 0.3 is 0 Å². The number of halogens is 1. The first kappa shape index (κ1) is 19.3. The first-order valence-electron chi connectivity index (χ1n) is 9.17. The number of nitro groups is 1. The molecular weight excluding hydrogens is 366 g/mol. The maximum Gasteiger partial charge on any atom is 0.270 e. The highest BCUT2D eigenvalue weighted by molar-refractivity contribution is 6.33. The Bertz CT molecular complexity index is 835. The van der Waals surface area contributed by atoms with Gasteiger partial charge in [0.25, 0.3) is 11.6 Å². The van der Waals surface area contributed by atoms with Crippen molar-refractivity contribution in [2.75, 3.05) is 13.1 Å². The van der Waals surface area contributed by atoms with Gasteiger partial charge in [-0.15, -0.1) is 0 Å². The molecule has 1 heterocycles. The van der Waals surface area contributed by atoms with Crippen molar-refractivity contribution in [2.24, 2.45) is 0 Å². The van der Waals surface area contributed by atoms with Gasteiger partial charge in [-0.05, 0) is 30.9 Å². The monoisotopic (exact) mass is 388 g/mol. The second kappa shape index (κ2) is 8.97. The maximum atomic E-state index is 12.5. The minimum absolute atomic E-state index is 0.116. The summed E-state index contributed by atoms with van der Waals surface area (Å²) in [5, 5.41) is 14.0. The fourth-order valence-electron chi connectivity index (χ4n) is 3.47. The molecule has 1 saturated heterocycles. The topological polar surface area (TPSA) is 76.7 Å². The summed E-state index contributed by atoms with van der Waals surface area (Å²) in [6.07, 6.45) is 3.84. The first-order valence-corrected chi connectivity index (χ1v) is 9.55. The molecule has 1 aliphatic rings. The molecule has 1 aliphatic heterocycles. The molecule has 0 aromatic heterocycles. The van der Waals surface area contributed by atoms with E-state index in [0.29, 0.717) is 6.54 Å². The number of hydrogen-bond donors (Lipinski definition) is 2. The lowest BCUT2D eigenvalue weighted by atomic mass is 10.0. The van der Waals surface area contributed by atoms with Crippen LogP contribution in [0.1, 0.15) is 40.7 Å². The summed E-state index contributed by atoms with van der Waals surface area (Å²) in [5.74, 6) is -0.413. The van der Waals surface area contributed by atoms with Crippen molar-refractivity contribution in [1.29, 1.82) is 0 Å². The van der Waals surface area contributed by atoms with Crippen LogP contribution in [0.25, 0.3) is 0 Å². The van der Waals surface area contributed by atoms with Crippen LogP contribution in [0.15, 0.2) is 42.5 Å². The zero-order valence-electron chi connectivity index (χ0n) is 15.0. The molecule has 1 fully saturated rings. The third-order valence-electron chi connectivity index (χ3n) is 4.96. The van der Waals surface area contributed by atoms with Crippen molar-refractivity contribution in [3.05, 3.63) is 74.3 Å². The summed E-state index contributed by atoms with van der Waals surface area (Å²) in [6.45, 7) is 3.68. The van der Waals surface area contributed by atoms with Crippen LogP contribution in [-0.2, 0) is 13.1 Å². The molecule has 27 heavy (non-hydrogen) atoms. The molecule has 0 unspecified atom stereocenters. The number of nitrogens with one attached hydrogen (secondary N) is 2. The maximum absolute atomic E-state index is 12.5. The molecule has 3 rings (SSSR count). The minimum atomic E-state index is -0.538. The van der Waals surface area contributed by atoms with Crippen molar-refractivity contribution in [2.45, 2.75) is 32.4 Å². The predicted molar refractivity (Wildman–Crippen MR) is 104 cm³/mol. The van der Waals surface area contributed by atoms with E-state index >= 15 is 0 Å². The summed E-state index contributed by atoms with van der Waals surface area (Å²) in [6, 6.07) is 12.0. The summed E-state index contributed by atoms with van der Waals surface area (Å²) in [4.78, 5) is 24.5. The summed E-state index contributed by atoms with van der Waals surface area (Å²) < 4.78 is 0. The Morgan fingerprint density at radius 3 is 2.52 bits per heavy atom. The lowest BCUT2D eigenvalue weighted by Crippen LogP contribution is -3.11. The number of benzene rings is 2. The van der Waals surface area contributed by atoms with Crippen molar-refractivity contribution < 1.29 is 14.6 Å². The highest BCUT2D eigenvalue weighted by Gasteiger charge is 2.18. The molecular formula is C20H23ClN3O3+. The first-order chi connectivity index (χ1) is 13.0. The summed E-state index contributed by atoms with van der Waals surface area (Å²) >= 11 is 6.05. The van der Waals surface area contributed by atoms with Crippen LogP contribution in [0.3, 0.4) is 0 Å². The zero-order chi connectivity index (χ0) is 19.2. The van der Waals surface area contributed by atoms with Gasteiger partial charge in [-0.2, -0.15) is 0 Å². The van der Waals surface area contributed by atoms with Crippen LogP contribution in [0.4, 0.5) is 5.69 Å². The molecule has 2 aromatic carbocycles. The van der Waals surface area contributed by atoms with Gasteiger partial charge in [0.1, 0.15) is 6.54 Å². The second-order valence-corrected chi connectivity index (χ2v) is 7.27. The lowest BCUT2D eigenvalue weighted by molar-refractivity contribution is -0.918. The molecule has 0 aliphatic carbocycles. The number of nitrogens with zero attached hydrogens (tertiary/aromatic N) is 1. The average molecular weight is 389 g/mol. The van der Waals surface area contributed by atoms with Crippen molar-refractivity contribution in [1.82, 2.24) is 5.32 Å². The standard InChI is InChI=1S/C20H22ClN3O3/c21-19-9-8-17(24(26)27)12-18(19)20(25)22-13-15-6-2-3-7-16(15)14-23-10-4-1-5-11-23/h2-3,6-9,12H,1,4-5,10-11,13-14H2,(H,22,25)/p+1. The number of likely N-dealkylation sites (tertiary alicyclic amines) is 1. The molecule has 0 bridgehead atoms. The van der Waals surface area contributed by atoms with E-state index < -0.39 is 10.8 Å². The molecule has 7 heteroatoms. The van der Waals surface area contributed by atoms with Crippen molar-refractivity contribution in [3.63, 3.8) is 0 Å². The Labute approximate surface area is 163 Å². The van der Waals surface area contributed by atoms with Gasteiger partial charge in [0.2, 0.25) is 0 Å². The molecule has 142 valence electrons. The third kappa shape index (κ3) is 5.05. The van der Waals surface area contributed by atoms with E-state index in [2.05, 4.69) is 11.4 Å². The van der Waals surface area contributed by atoms with Crippen LogP contribution in [0, 0.1) is 10.1 Å². The zero-order valence-corrected chi connectivity index (χ0v) is 15.8. The lowest BCUT2D eigenvalue weighted by Gasteiger charge is -2.24. The predicted octanol–water partition coefficient (Wildman–Crippen LogP) is 2.75. The molecule has 0 radical (unpaired) electrons. The quantitative estimate of drug-likeness (QED) is 0.590. The molecule has 2 N–H and O–H groups in total. The molecule has 1 amide bonds. The van der Waals surface area contributed by atoms with Gasteiger partial charge < -0.3 is 10.2 Å². The number of rotatable bonds is 6. The van der Waals surface area contributed by atoms with E-state index in [4.69, 9.17) is 11.6 Å². The van der Waals surface area contributed by atoms with Gasteiger partial charge in [0.05, 0.1) is 28.6 Å². The third-order valence-corrected chi connectivity index (χ3v) is 5.29. The highest BCUT2D eigenvalue weighted by atomic mass is 35.5. The normalized spacial score (nSPS) is 14.7. The van der Waals surface area contributed by atoms with Gasteiger partial charge in [-0.25, -0.2) is 0 Å². The van der Waals surface area contributed by atoms with E-state index in [-0.39, 0.29) is 16.3 Å². The van der Waals surface area contributed by atoms with Crippen LogP contribution < -0.4 is 10.2 Å². The van der Waals surface area contributed by atoms with E-state index in [1.54, 1.807) is 4.90 Å². The van der Waals surface area contributed by atoms with E-state index in [1.165, 1.54) is 56.1 Å². The SMILES string of the molecule is O=C(NCc1ccccc1C[NH+]1CCCCC1)c1cc([N+](=O)[O-])ccc1Cl. The van der Waals surface area contributed by atoms with Crippen LogP contribution >= 0.6 is 11.6 Å². The number of hydrogen-bond acceptors (Lipinski definition) is 3. The smallest absolute Gasteiger partial charge is 0.270 e. The van der Waals surface area contributed by atoms with Crippen LogP contribution in [-0.4, -0.2) is 23.9 Å².